The summed E-state index contributed by atoms with van der Waals surface area (Å²) in [7, 11) is 0. The summed E-state index contributed by atoms with van der Waals surface area (Å²) in [4.78, 5) is 12.4. The lowest BCUT2D eigenvalue weighted by Crippen LogP contribution is -2.52. The van der Waals surface area contributed by atoms with E-state index >= 15 is 0 Å². The van der Waals surface area contributed by atoms with Crippen molar-refractivity contribution in [2.24, 2.45) is 5.73 Å². The molecule has 6 heteroatoms. The zero-order valence-corrected chi connectivity index (χ0v) is 14.4. The Morgan fingerprint density at radius 3 is 2.73 bits per heavy atom. The van der Waals surface area contributed by atoms with Crippen LogP contribution in [-0.4, -0.2) is 27.8 Å². The van der Waals surface area contributed by atoms with Crippen LogP contribution < -0.4 is 11.1 Å². The predicted molar refractivity (Wildman–Crippen MR) is 91.1 cm³/mol. The highest BCUT2D eigenvalue weighted by atomic mass is 79.9. The fourth-order valence-corrected chi connectivity index (χ4v) is 2.67. The summed E-state index contributed by atoms with van der Waals surface area (Å²) in [5.41, 5.74) is 6.90. The van der Waals surface area contributed by atoms with Crippen LogP contribution in [0.4, 0.5) is 0 Å². The minimum absolute atomic E-state index is 0.143. The van der Waals surface area contributed by atoms with Crippen LogP contribution in [-0.2, 0) is 0 Å². The summed E-state index contributed by atoms with van der Waals surface area (Å²) < 4.78 is 2.65. The van der Waals surface area contributed by atoms with E-state index in [9.17, 15) is 4.79 Å². The maximum absolute atomic E-state index is 12.4. The Balaban J connectivity index is 2.19. The van der Waals surface area contributed by atoms with Crippen molar-refractivity contribution < 1.29 is 4.79 Å². The van der Waals surface area contributed by atoms with Crippen molar-refractivity contribution in [2.45, 2.75) is 32.2 Å². The van der Waals surface area contributed by atoms with Gasteiger partial charge in [-0.2, -0.15) is 5.10 Å². The van der Waals surface area contributed by atoms with E-state index in [4.69, 9.17) is 5.73 Å². The van der Waals surface area contributed by atoms with Crippen LogP contribution in [0, 0.1) is 0 Å². The largest absolute Gasteiger partial charge is 0.345 e. The number of halogens is 1. The van der Waals surface area contributed by atoms with E-state index in [1.54, 1.807) is 17.1 Å². The van der Waals surface area contributed by atoms with Crippen LogP contribution in [0.5, 0.6) is 0 Å². The molecule has 0 aliphatic heterocycles. The lowest BCUT2D eigenvalue weighted by molar-refractivity contribution is 0.0895. The number of amides is 1. The van der Waals surface area contributed by atoms with E-state index in [0.717, 1.165) is 23.0 Å². The van der Waals surface area contributed by atoms with Crippen molar-refractivity contribution in [1.82, 2.24) is 15.1 Å². The highest BCUT2D eigenvalue weighted by molar-refractivity contribution is 9.10. The van der Waals surface area contributed by atoms with E-state index in [1.165, 1.54) is 0 Å². The van der Waals surface area contributed by atoms with E-state index < -0.39 is 0 Å². The molecule has 0 aliphatic carbocycles. The molecule has 3 N–H and O–H groups in total. The third-order valence-electron chi connectivity index (χ3n) is 4.04. The van der Waals surface area contributed by atoms with Crippen molar-refractivity contribution in [3.8, 4) is 5.69 Å². The van der Waals surface area contributed by atoms with Crippen LogP contribution in [0.1, 0.15) is 37.0 Å². The summed E-state index contributed by atoms with van der Waals surface area (Å²) in [6.07, 6.45) is 4.89. The fourth-order valence-electron chi connectivity index (χ4n) is 2.28. The van der Waals surface area contributed by atoms with Crippen molar-refractivity contribution in [3.05, 3.63) is 46.7 Å². The number of carbonyl (C=O) groups is 1. The maximum atomic E-state index is 12.4. The molecule has 0 saturated carbocycles. The van der Waals surface area contributed by atoms with Gasteiger partial charge < -0.3 is 11.1 Å². The number of carbonyl (C=O) groups excluding carboxylic acids is 1. The van der Waals surface area contributed by atoms with Crippen LogP contribution in [0.15, 0.2) is 41.1 Å². The van der Waals surface area contributed by atoms with Crippen molar-refractivity contribution in [1.29, 1.82) is 0 Å². The van der Waals surface area contributed by atoms with Crippen LogP contribution in [0.25, 0.3) is 5.69 Å². The Kier molecular flexibility index (Phi) is 5.37. The number of hydrogen-bond acceptors (Lipinski definition) is 3. The summed E-state index contributed by atoms with van der Waals surface area (Å²) in [6.45, 7) is 4.48. The molecule has 118 valence electrons. The smallest absolute Gasteiger partial charge is 0.254 e. The van der Waals surface area contributed by atoms with Gasteiger partial charge in [-0.25, -0.2) is 4.68 Å². The van der Waals surface area contributed by atoms with Crippen LogP contribution >= 0.6 is 15.9 Å². The topological polar surface area (TPSA) is 72.9 Å². The Hall–Kier alpha value is -1.66. The average Bonchev–Trinajstić information content (AvgIpc) is 3.03. The molecule has 22 heavy (non-hydrogen) atoms. The molecule has 0 aliphatic rings. The highest BCUT2D eigenvalue weighted by Crippen LogP contribution is 2.17. The second-order valence-corrected chi connectivity index (χ2v) is 6.21. The molecule has 1 amide bonds. The molecule has 1 aromatic carbocycles. The van der Waals surface area contributed by atoms with Gasteiger partial charge in [0.05, 0.1) is 23.0 Å². The van der Waals surface area contributed by atoms with Gasteiger partial charge >= 0.3 is 0 Å². The zero-order valence-electron chi connectivity index (χ0n) is 12.8. The van der Waals surface area contributed by atoms with Gasteiger partial charge in [0.1, 0.15) is 0 Å². The number of aromatic nitrogens is 2. The molecule has 0 bridgehead atoms. The zero-order chi connectivity index (χ0) is 16.2. The van der Waals surface area contributed by atoms with Gasteiger partial charge in [0.25, 0.3) is 5.91 Å². The Morgan fingerprint density at radius 1 is 1.41 bits per heavy atom. The molecule has 2 aromatic rings. The van der Waals surface area contributed by atoms with Gasteiger partial charge in [0.2, 0.25) is 0 Å². The van der Waals surface area contributed by atoms with Gasteiger partial charge in [-0.3, -0.25) is 4.79 Å². The minimum atomic E-state index is -0.352. The van der Waals surface area contributed by atoms with Gasteiger partial charge in [0, 0.05) is 17.2 Å². The van der Waals surface area contributed by atoms with E-state index in [1.807, 2.05) is 38.1 Å². The summed E-state index contributed by atoms with van der Waals surface area (Å²) >= 11 is 3.43. The first kappa shape index (κ1) is 16.7. The Bertz CT molecular complexity index is 641. The van der Waals surface area contributed by atoms with E-state index in [2.05, 4.69) is 26.3 Å². The van der Waals surface area contributed by atoms with Crippen LogP contribution in [0.2, 0.25) is 0 Å². The molecular formula is C16H21BrN4O. The van der Waals surface area contributed by atoms with Gasteiger partial charge in [0.15, 0.2) is 0 Å². The van der Waals surface area contributed by atoms with Gasteiger partial charge in [-0.15, -0.1) is 0 Å². The molecule has 0 atom stereocenters. The predicted octanol–water partition coefficient (Wildman–Crippen LogP) is 2.88. The Labute approximate surface area is 139 Å². The normalized spacial score (nSPS) is 11.5. The van der Waals surface area contributed by atoms with Crippen LogP contribution in [0.3, 0.4) is 0 Å². The fraction of sp³-hybridized carbons (Fsp3) is 0.375. The summed E-state index contributed by atoms with van der Waals surface area (Å²) in [5, 5.41) is 7.31. The number of benzene rings is 1. The molecular weight excluding hydrogens is 344 g/mol. The molecule has 1 aromatic heterocycles. The third-order valence-corrected chi connectivity index (χ3v) is 4.53. The quantitative estimate of drug-likeness (QED) is 0.827. The lowest BCUT2D eigenvalue weighted by Gasteiger charge is -2.31. The lowest BCUT2D eigenvalue weighted by atomic mass is 9.92. The molecule has 2 rings (SSSR count). The molecule has 1 heterocycles. The third kappa shape index (κ3) is 3.56. The monoisotopic (exact) mass is 364 g/mol. The van der Waals surface area contributed by atoms with Crippen molar-refractivity contribution >= 4 is 21.8 Å². The second kappa shape index (κ2) is 7.07. The molecule has 0 saturated heterocycles. The first-order valence-corrected chi connectivity index (χ1v) is 8.16. The number of nitrogens with one attached hydrogen (secondary N) is 1. The van der Waals surface area contributed by atoms with E-state index in [-0.39, 0.29) is 11.4 Å². The van der Waals surface area contributed by atoms with Gasteiger partial charge in [-0.05, 0) is 31.0 Å². The van der Waals surface area contributed by atoms with Crippen molar-refractivity contribution in [2.75, 3.05) is 6.54 Å². The summed E-state index contributed by atoms with van der Waals surface area (Å²) in [6, 6.07) is 7.74. The minimum Gasteiger partial charge on any atom is -0.345 e. The number of hydrogen-bond donors (Lipinski definition) is 2. The van der Waals surface area contributed by atoms with Gasteiger partial charge in [-0.1, -0.05) is 35.8 Å². The number of nitrogens with two attached hydrogens (primary N) is 1. The maximum Gasteiger partial charge on any atom is 0.254 e. The highest BCUT2D eigenvalue weighted by Gasteiger charge is 2.27. The number of nitrogens with zero attached hydrogens (tertiary/aromatic N) is 2. The molecule has 0 radical (unpaired) electrons. The molecule has 0 unspecified atom stereocenters. The number of rotatable bonds is 6. The molecule has 0 fully saturated rings. The summed E-state index contributed by atoms with van der Waals surface area (Å²) in [5.74, 6) is -0.143. The van der Waals surface area contributed by atoms with Crippen molar-refractivity contribution in [3.63, 3.8) is 0 Å². The van der Waals surface area contributed by atoms with E-state index in [0.29, 0.717) is 12.1 Å². The standard InChI is InChI=1S/C16H21BrN4O/c1-3-16(4-2,11-18)20-15(22)12-9-19-21(10-12)14-7-5-6-13(17)8-14/h5-10H,3-4,11,18H2,1-2H3,(H,20,22). The Morgan fingerprint density at radius 2 is 2.14 bits per heavy atom. The first-order valence-electron chi connectivity index (χ1n) is 7.36. The SMILES string of the molecule is CCC(CC)(CN)NC(=O)c1cnn(-c2cccc(Br)c2)c1. The molecule has 0 spiro atoms. The first-order chi connectivity index (χ1) is 10.5. The average molecular weight is 365 g/mol. The molecule has 5 nitrogen and oxygen atoms in total. The second-order valence-electron chi connectivity index (χ2n) is 5.30.